The van der Waals surface area contributed by atoms with Crippen LogP contribution < -0.4 is 0 Å². The molecule has 1 unspecified atom stereocenters. The van der Waals surface area contributed by atoms with Crippen LogP contribution in [0.3, 0.4) is 0 Å². The average Bonchev–Trinajstić information content (AvgIpc) is 2.74. The first-order chi connectivity index (χ1) is 7.43. The number of ether oxygens (including phenoxy) is 1. The summed E-state index contributed by atoms with van der Waals surface area (Å²) in [5, 5.41) is 0. The molecule has 78 valence electrons. The normalized spacial score (nSPS) is 22.0. The van der Waals surface area contributed by atoms with Gasteiger partial charge in [0.15, 0.2) is 0 Å². The minimum absolute atomic E-state index is 0.145. The fourth-order valence-corrected chi connectivity index (χ4v) is 1.99. The van der Waals surface area contributed by atoms with E-state index in [0.717, 1.165) is 36.3 Å². The van der Waals surface area contributed by atoms with E-state index in [2.05, 4.69) is 15.0 Å². The Labute approximate surface area is 87.7 Å². The average molecular weight is 203 g/mol. The highest BCUT2D eigenvalue weighted by Crippen LogP contribution is 2.26. The van der Waals surface area contributed by atoms with Gasteiger partial charge < -0.3 is 9.72 Å². The summed E-state index contributed by atoms with van der Waals surface area (Å²) in [6.45, 7) is 0.847. The van der Waals surface area contributed by atoms with Crippen LogP contribution in [0.2, 0.25) is 0 Å². The maximum absolute atomic E-state index is 5.68. The molecule has 1 aliphatic heterocycles. The lowest BCUT2D eigenvalue weighted by Crippen LogP contribution is -2.12. The maximum Gasteiger partial charge on any atom is 0.136 e. The van der Waals surface area contributed by atoms with Gasteiger partial charge in [0.05, 0.1) is 17.2 Å². The molecule has 0 aliphatic carbocycles. The van der Waals surface area contributed by atoms with Crippen LogP contribution >= 0.6 is 0 Å². The van der Waals surface area contributed by atoms with Crippen LogP contribution in [0, 0.1) is 0 Å². The van der Waals surface area contributed by atoms with Crippen molar-refractivity contribution in [3.63, 3.8) is 0 Å². The Morgan fingerprint density at radius 3 is 3.20 bits per heavy atom. The van der Waals surface area contributed by atoms with Gasteiger partial charge in [-0.1, -0.05) is 0 Å². The first-order valence-electron chi connectivity index (χ1n) is 5.35. The van der Waals surface area contributed by atoms with Crippen LogP contribution in [0.1, 0.15) is 31.2 Å². The van der Waals surface area contributed by atoms with Crippen LogP contribution in [0.25, 0.3) is 11.0 Å². The highest BCUT2D eigenvalue weighted by atomic mass is 16.5. The molecule has 3 heterocycles. The number of H-pyrrole nitrogens is 1. The zero-order chi connectivity index (χ0) is 10.1. The zero-order valence-corrected chi connectivity index (χ0v) is 8.44. The van der Waals surface area contributed by atoms with E-state index in [9.17, 15) is 0 Å². The second-order valence-electron chi connectivity index (χ2n) is 3.87. The van der Waals surface area contributed by atoms with Gasteiger partial charge in [0.1, 0.15) is 11.9 Å². The number of rotatable bonds is 1. The summed E-state index contributed by atoms with van der Waals surface area (Å²) in [6, 6.07) is 1.91. The lowest BCUT2D eigenvalue weighted by atomic mass is 10.1. The van der Waals surface area contributed by atoms with Crippen LogP contribution in [0.4, 0.5) is 0 Å². The smallest absolute Gasteiger partial charge is 0.136 e. The van der Waals surface area contributed by atoms with Crippen LogP contribution in [-0.2, 0) is 4.74 Å². The van der Waals surface area contributed by atoms with Crippen molar-refractivity contribution >= 4 is 11.0 Å². The molecule has 3 rings (SSSR count). The van der Waals surface area contributed by atoms with Crippen molar-refractivity contribution in [3.05, 3.63) is 24.3 Å². The van der Waals surface area contributed by atoms with E-state index in [1.807, 2.05) is 6.07 Å². The number of nitrogens with one attached hydrogen (secondary N) is 1. The molecular formula is C11H13N3O. The Bertz CT molecular complexity index is 427. The number of hydrogen-bond donors (Lipinski definition) is 1. The van der Waals surface area contributed by atoms with Gasteiger partial charge in [-0.2, -0.15) is 0 Å². The molecule has 2 aromatic rings. The minimum Gasteiger partial charge on any atom is -0.370 e. The Morgan fingerprint density at radius 2 is 2.40 bits per heavy atom. The Balaban J connectivity index is 1.96. The van der Waals surface area contributed by atoms with Crippen LogP contribution in [-0.4, -0.2) is 21.6 Å². The number of aromatic amines is 1. The van der Waals surface area contributed by atoms with E-state index >= 15 is 0 Å². The zero-order valence-electron chi connectivity index (χ0n) is 8.44. The molecule has 1 saturated heterocycles. The van der Waals surface area contributed by atoms with E-state index in [-0.39, 0.29) is 6.10 Å². The number of nitrogens with zero attached hydrogens (tertiary/aromatic N) is 2. The van der Waals surface area contributed by atoms with Gasteiger partial charge in [-0.3, -0.25) is 4.98 Å². The molecule has 0 amide bonds. The van der Waals surface area contributed by atoms with E-state index in [4.69, 9.17) is 4.74 Å². The highest BCUT2D eigenvalue weighted by Gasteiger charge is 2.19. The van der Waals surface area contributed by atoms with E-state index < -0.39 is 0 Å². The van der Waals surface area contributed by atoms with Crippen molar-refractivity contribution in [1.82, 2.24) is 15.0 Å². The molecule has 2 aromatic heterocycles. The van der Waals surface area contributed by atoms with Crippen LogP contribution in [0.15, 0.2) is 18.5 Å². The van der Waals surface area contributed by atoms with Crippen molar-refractivity contribution in [2.45, 2.75) is 25.4 Å². The molecule has 4 nitrogen and oxygen atoms in total. The third kappa shape index (κ3) is 1.61. The fraction of sp³-hybridized carbons (Fsp3) is 0.455. The van der Waals surface area contributed by atoms with Crippen LogP contribution in [0.5, 0.6) is 0 Å². The molecule has 0 radical (unpaired) electrons. The summed E-state index contributed by atoms with van der Waals surface area (Å²) < 4.78 is 5.68. The number of imidazole rings is 1. The Morgan fingerprint density at radius 1 is 1.40 bits per heavy atom. The molecule has 1 N–H and O–H groups in total. The number of pyridine rings is 1. The van der Waals surface area contributed by atoms with E-state index in [0.29, 0.717) is 0 Å². The standard InChI is InChI=1S/C11H13N3O/c1-2-6-15-10(3-1)11-13-8-4-5-12-7-9(8)14-11/h4-5,7,10H,1-3,6H2,(H,13,14). The molecule has 4 heteroatoms. The van der Waals surface area contributed by atoms with Gasteiger partial charge in [-0.15, -0.1) is 0 Å². The maximum atomic E-state index is 5.68. The monoisotopic (exact) mass is 203 g/mol. The summed E-state index contributed by atoms with van der Waals surface area (Å²) >= 11 is 0. The molecule has 0 saturated carbocycles. The Hall–Kier alpha value is -1.42. The van der Waals surface area contributed by atoms with Gasteiger partial charge >= 0.3 is 0 Å². The summed E-state index contributed by atoms with van der Waals surface area (Å²) in [6.07, 6.45) is 7.15. The van der Waals surface area contributed by atoms with Gasteiger partial charge in [0.2, 0.25) is 0 Å². The number of fused-ring (bicyclic) bond motifs is 1. The summed E-state index contributed by atoms with van der Waals surface area (Å²) in [7, 11) is 0. The molecule has 1 aliphatic rings. The summed E-state index contributed by atoms with van der Waals surface area (Å²) in [5.41, 5.74) is 1.95. The van der Waals surface area contributed by atoms with Gasteiger partial charge in [-0.05, 0) is 25.3 Å². The van der Waals surface area contributed by atoms with Crippen molar-refractivity contribution in [1.29, 1.82) is 0 Å². The minimum atomic E-state index is 0.145. The molecule has 0 aromatic carbocycles. The highest BCUT2D eigenvalue weighted by molar-refractivity contribution is 5.73. The third-order valence-corrected chi connectivity index (χ3v) is 2.79. The largest absolute Gasteiger partial charge is 0.370 e. The third-order valence-electron chi connectivity index (χ3n) is 2.79. The van der Waals surface area contributed by atoms with Crippen molar-refractivity contribution in [2.24, 2.45) is 0 Å². The SMILES string of the molecule is c1cc2nc(C3CCCCO3)[nH]c2cn1. The Kier molecular flexibility index (Phi) is 2.14. The van der Waals surface area contributed by atoms with Crippen molar-refractivity contribution < 1.29 is 4.74 Å². The second kappa shape index (κ2) is 3.62. The molecule has 0 bridgehead atoms. The first-order valence-corrected chi connectivity index (χ1v) is 5.35. The predicted molar refractivity (Wildman–Crippen MR) is 56.4 cm³/mol. The summed E-state index contributed by atoms with van der Waals surface area (Å²) in [5.74, 6) is 0.942. The topological polar surface area (TPSA) is 50.8 Å². The lowest BCUT2D eigenvalue weighted by Gasteiger charge is -2.20. The second-order valence-corrected chi connectivity index (χ2v) is 3.87. The van der Waals surface area contributed by atoms with Gasteiger partial charge in [0.25, 0.3) is 0 Å². The van der Waals surface area contributed by atoms with Gasteiger partial charge in [0, 0.05) is 12.8 Å². The molecule has 1 atom stereocenters. The lowest BCUT2D eigenvalue weighted by molar-refractivity contribution is 0.0101. The van der Waals surface area contributed by atoms with Gasteiger partial charge in [-0.25, -0.2) is 4.98 Å². The molecule has 1 fully saturated rings. The summed E-state index contributed by atoms with van der Waals surface area (Å²) in [4.78, 5) is 11.8. The predicted octanol–water partition coefficient (Wildman–Crippen LogP) is 2.20. The molecular weight excluding hydrogens is 190 g/mol. The van der Waals surface area contributed by atoms with Crippen molar-refractivity contribution in [2.75, 3.05) is 6.61 Å². The quantitative estimate of drug-likeness (QED) is 0.773. The van der Waals surface area contributed by atoms with E-state index in [1.54, 1.807) is 12.4 Å². The number of hydrogen-bond acceptors (Lipinski definition) is 3. The molecule has 15 heavy (non-hydrogen) atoms. The van der Waals surface area contributed by atoms with E-state index in [1.165, 1.54) is 6.42 Å². The number of aromatic nitrogens is 3. The first kappa shape index (κ1) is 8.85. The molecule has 0 spiro atoms. The fourth-order valence-electron chi connectivity index (χ4n) is 1.99. The van der Waals surface area contributed by atoms with Crippen molar-refractivity contribution in [3.8, 4) is 0 Å².